The first-order chi connectivity index (χ1) is 5.84. The van der Waals surface area contributed by atoms with Crippen molar-refractivity contribution in [3.63, 3.8) is 0 Å². The Morgan fingerprint density at radius 1 is 1.58 bits per heavy atom. The highest BCUT2D eigenvalue weighted by atomic mass is 79.9. The molecule has 1 aliphatic rings. The molecule has 1 aromatic carbocycles. The van der Waals surface area contributed by atoms with Crippen LogP contribution in [0.15, 0.2) is 28.7 Å². The summed E-state index contributed by atoms with van der Waals surface area (Å²) in [6, 6.07) is 8.07. The van der Waals surface area contributed by atoms with Crippen molar-refractivity contribution in [1.82, 2.24) is 0 Å². The van der Waals surface area contributed by atoms with Gasteiger partial charge in [0.15, 0.2) is 6.29 Å². The predicted octanol–water partition coefficient (Wildman–Crippen LogP) is 2.32. The molecule has 0 aromatic heterocycles. The fraction of sp³-hybridized carbons (Fsp3) is 0.333. The number of epoxide rings is 1. The average Bonchev–Trinajstić information content (AvgIpc) is 2.84. The lowest BCUT2D eigenvalue weighted by atomic mass is 10.2. The van der Waals surface area contributed by atoms with Crippen LogP contribution in [0.2, 0.25) is 0 Å². The van der Waals surface area contributed by atoms with Crippen LogP contribution in [0.5, 0.6) is 0 Å². The van der Waals surface area contributed by atoms with E-state index in [1.165, 1.54) is 5.56 Å². The second kappa shape index (κ2) is 3.56. The van der Waals surface area contributed by atoms with Gasteiger partial charge in [0.25, 0.3) is 0 Å². The van der Waals surface area contributed by atoms with Gasteiger partial charge < -0.3 is 9.47 Å². The van der Waals surface area contributed by atoms with Gasteiger partial charge in [-0.25, -0.2) is 0 Å². The van der Waals surface area contributed by atoms with E-state index in [4.69, 9.17) is 9.47 Å². The molecule has 3 heteroatoms. The molecule has 0 bridgehead atoms. The van der Waals surface area contributed by atoms with Crippen LogP contribution < -0.4 is 0 Å². The van der Waals surface area contributed by atoms with Crippen LogP contribution in [-0.4, -0.2) is 12.9 Å². The number of ether oxygens (including phenoxy) is 2. The highest BCUT2D eigenvalue weighted by molar-refractivity contribution is 9.10. The third-order valence-corrected chi connectivity index (χ3v) is 2.12. The fourth-order valence-electron chi connectivity index (χ4n) is 0.951. The number of benzene rings is 1. The molecule has 0 spiro atoms. The molecule has 12 heavy (non-hydrogen) atoms. The van der Waals surface area contributed by atoms with E-state index < -0.39 is 0 Å². The molecule has 1 aromatic rings. The average molecular weight is 229 g/mol. The van der Waals surface area contributed by atoms with Crippen LogP contribution in [0.1, 0.15) is 5.56 Å². The molecule has 1 aliphatic heterocycles. The second-order valence-corrected chi connectivity index (χ2v) is 3.62. The van der Waals surface area contributed by atoms with Crippen molar-refractivity contribution in [2.45, 2.75) is 12.9 Å². The van der Waals surface area contributed by atoms with Crippen molar-refractivity contribution >= 4 is 15.9 Å². The summed E-state index contributed by atoms with van der Waals surface area (Å²) in [5.74, 6) is 0. The Bertz CT molecular complexity index is 271. The van der Waals surface area contributed by atoms with Gasteiger partial charge in [-0.3, -0.25) is 0 Å². The van der Waals surface area contributed by atoms with Gasteiger partial charge in [-0.05, 0) is 17.7 Å². The first-order valence-corrected chi connectivity index (χ1v) is 4.61. The van der Waals surface area contributed by atoms with Gasteiger partial charge in [0, 0.05) is 4.47 Å². The zero-order chi connectivity index (χ0) is 8.39. The van der Waals surface area contributed by atoms with Gasteiger partial charge in [0.1, 0.15) is 6.61 Å². The monoisotopic (exact) mass is 228 g/mol. The van der Waals surface area contributed by atoms with E-state index in [-0.39, 0.29) is 6.29 Å². The SMILES string of the molecule is Brc1cccc(CO[C@@H]2CO2)c1. The summed E-state index contributed by atoms with van der Waals surface area (Å²) in [4.78, 5) is 0. The maximum atomic E-state index is 5.35. The molecular formula is C9H9BrO2. The molecule has 1 atom stereocenters. The van der Waals surface area contributed by atoms with Crippen LogP contribution in [0.3, 0.4) is 0 Å². The van der Waals surface area contributed by atoms with Crippen LogP contribution >= 0.6 is 15.9 Å². The summed E-state index contributed by atoms with van der Waals surface area (Å²) in [7, 11) is 0. The number of rotatable bonds is 3. The molecule has 1 heterocycles. The third-order valence-electron chi connectivity index (χ3n) is 1.63. The second-order valence-electron chi connectivity index (χ2n) is 2.70. The Morgan fingerprint density at radius 3 is 3.08 bits per heavy atom. The van der Waals surface area contributed by atoms with Crippen molar-refractivity contribution < 1.29 is 9.47 Å². The van der Waals surface area contributed by atoms with Gasteiger partial charge >= 0.3 is 0 Å². The molecule has 0 N–H and O–H groups in total. The van der Waals surface area contributed by atoms with E-state index in [0.29, 0.717) is 6.61 Å². The topological polar surface area (TPSA) is 21.8 Å². The van der Waals surface area contributed by atoms with Gasteiger partial charge in [-0.1, -0.05) is 28.1 Å². The number of halogens is 1. The lowest BCUT2D eigenvalue weighted by Gasteiger charge is -2.00. The van der Waals surface area contributed by atoms with E-state index in [2.05, 4.69) is 15.9 Å². The molecule has 0 amide bonds. The third kappa shape index (κ3) is 2.30. The summed E-state index contributed by atoms with van der Waals surface area (Å²) in [6.07, 6.45) is 0.0454. The van der Waals surface area contributed by atoms with Crippen LogP contribution in [0, 0.1) is 0 Å². The van der Waals surface area contributed by atoms with Crippen molar-refractivity contribution in [3.05, 3.63) is 34.3 Å². The first kappa shape index (κ1) is 8.23. The predicted molar refractivity (Wildman–Crippen MR) is 48.7 cm³/mol. The molecule has 2 nitrogen and oxygen atoms in total. The molecule has 0 aliphatic carbocycles. The summed E-state index contributed by atoms with van der Waals surface area (Å²) in [5.41, 5.74) is 1.17. The Kier molecular flexibility index (Phi) is 2.44. The molecular weight excluding hydrogens is 220 g/mol. The molecule has 0 unspecified atom stereocenters. The van der Waals surface area contributed by atoms with Gasteiger partial charge in [-0.2, -0.15) is 0 Å². The minimum absolute atomic E-state index is 0.0454. The Morgan fingerprint density at radius 2 is 2.42 bits per heavy atom. The standard InChI is InChI=1S/C9H9BrO2/c10-8-3-1-2-7(4-8)5-11-9-6-12-9/h1-4,9H,5-6H2/t9-/m0/s1. The number of hydrogen-bond acceptors (Lipinski definition) is 2. The molecule has 2 rings (SSSR count). The van der Waals surface area contributed by atoms with E-state index >= 15 is 0 Å². The number of hydrogen-bond donors (Lipinski definition) is 0. The molecule has 1 fully saturated rings. The Balaban J connectivity index is 1.92. The van der Waals surface area contributed by atoms with Gasteiger partial charge in [0.2, 0.25) is 0 Å². The van der Waals surface area contributed by atoms with Gasteiger partial charge in [0.05, 0.1) is 6.61 Å². The smallest absolute Gasteiger partial charge is 0.181 e. The lowest BCUT2D eigenvalue weighted by Crippen LogP contribution is -1.95. The van der Waals surface area contributed by atoms with Crippen LogP contribution in [0.25, 0.3) is 0 Å². The minimum Gasteiger partial charge on any atom is -0.346 e. The van der Waals surface area contributed by atoms with Crippen molar-refractivity contribution in [2.24, 2.45) is 0 Å². The normalized spacial score (nSPS) is 20.9. The summed E-state index contributed by atoms with van der Waals surface area (Å²) in [5, 5.41) is 0. The largest absolute Gasteiger partial charge is 0.346 e. The Labute approximate surface area is 79.6 Å². The van der Waals surface area contributed by atoms with Crippen molar-refractivity contribution in [3.8, 4) is 0 Å². The molecule has 0 radical (unpaired) electrons. The zero-order valence-corrected chi connectivity index (χ0v) is 8.08. The molecule has 1 saturated heterocycles. The van der Waals surface area contributed by atoms with E-state index in [9.17, 15) is 0 Å². The lowest BCUT2D eigenvalue weighted by molar-refractivity contribution is 0.0386. The fourth-order valence-corrected chi connectivity index (χ4v) is 1.40. The van der Waals surface area contributed by atoms with Crippen molar-refractivity contribution in [1.29, 1.82) is 0 Å². The maximum Gasteiger partial charge on any atom is 0.181 e. The van der Waals surface area contributed by atoms with E-state index in [1.54, 1.807) is 0 Å². The first-order valence-electron chi connectivity index (χ1n) is 3.82. The van der Waals surface area contributed by atoms with E-state index in [0.717, 1.165) is 11.1 Å². The summed E-state index contributed by atoms with van der Waals surface area (Å²) in [6.45, 7) is 1.37. The Hall–Kier alpha value is -0.380. The van der Waals surface area contributed by atoms with Crippen molar-refractivity contribution in [2.75, 3.05) is 6.61 Å². The summed E-state index contributed by atoms with van der Waals surface area (Å²) < 4.78 is 11.4. The minimum atomic E-state index is 0.0454. The zero-order valence-electron chi connectivity index (χ0n) is 6.50. The highest BCUT2D eigenvalue weighted by Gasteiger charge is 2.22. The maximum absolute atomic E-state index is 5.35. The molecule has 64 valence electrons. The summed E-state index contributed by atoms with van der Waals surface area (Å²) >= 11 is 3.40. The molecule has 0 saturated carbocycles. The van der Waals surface area contributed by atoms with Crippen LogP contribution in [0.4, 0.5) is 0 Å². The van der Waals surface area contributed by atoms with E-state index in [1.807, 2.05) is 24.3 Å². The van der Waals surface area contributed by atoms with Gasteiger partial charge in [-0.15, -0.1) is 0 Å². The highest BCUT2D eigenvalue weighted by Crippen LogP contribution is 2.16. The quantitative estimate of drug-likeness (QED) is 0.742. The van der Waals surface area contributed by atoms with Crippen LogP contribution in [-0.2, 0) is 16.1 Å².